The number of hydrogen-bond donors (Lipinski definition) is 3. The number of thioether (sulfide) groups is 1. The molecule has 0 unspecified atom stereocenters. The van der Waals surface area contributed by atoms with Crippen molar-refractivity contribution in [3.05, 3.63) is 23.2 Å². The Hall–Kier alpha value is -0.450. The van der Waals surface area contributed by atoms with E-state index in [4.69, 9.17) is 14.9 Å². The third kappa shape index (κ3) is 4.55. The van der Waals surface area contributed by atoms with Gasteiger partial charge in [0.1, 0.15) is 15.8 Å². The maximum Gasteiger partial charge on any atom is 1.00 e. The van der Waals surface area contributed by atoms with Gasteiger partial charge in [0.05, 0.1) is 10.2 Å². The largest absolute Gasteiger partial charge is 1.00 e. The monoisotopic (exact) mass is 383 g/mol. The molecule has 23 heavy (non-hydrogen) atoms. The Balaban J connectivity index is 0.00000192. The topological polar surface area (TPSA) is 129 Å². The summed E-state index contributed by atoms with van der Waals surface area (Å²) in [6, 6.07) is 3.70. The summed E-state index contributed by atoms with van der Waals surface area (Å²) in [6.07, 6.45) is 0. The van der Waals surface area contributed by atoms with Gasteiger partial charge in [-0.15, -0.1) is 23.1 Å². The van der Waals surface area contributed by atoms with Gasteiger partial charge in [0.15, 0.2) is 6.04 Å². The summed E-state index contributed by atoms with van der Waals surface area (Å²) >= 11 is 2.58. The van der Waals surface area contributed by atoms with Crippen LogP contribution in [-0.4, -0.2) is 42.7 Å². The van der Waals surface area contributed by atoms with Crippen molar-refractivity contribution >= 4 is 52.2 Å². The Labute approximate surface area is 160 Å². The zero-order chi connectivity index (χ0) is 15.9. The first kappa shape index (κ1) is 18.9. The van der Waals surface area contributed by atoms with E-state index in [9.17, 15) is 9.36 Å². The molecule has 0 saturated carbocycles. The van der Waals surface area contributed by atoms with Crippen molar-refractivity contribution in [1.82, 2.24) is 4.98 Å². The number of hydrogen-bond acceptors (Lipinski definition) is 7. The number of carbonyl (C=O) groups is 1. The van der Waals surface area contributed by atoms with E-state index in [2.05, 4.69) is 14.5 Å². The summed E-state index contributed by atoms with van der Waals surface area (Å²) in [5, 5.41) is 10.1. The van der Waals surface area contributed by atoms with Crippen LogP contribution in [0.25, 0.3) is 10.2 Å². The van der Waals surface area contributed by atoms with Crippen molar-refractivity contribution in [2.45, 2.75) is 6.04 Å². The second-order valence-corrected chi connectivity index (χ2v) is 7.53. The predicted octanol–water partition coefficient (Wildman–Crippen LogP) is -1.28. The molecule has 1 atom stereocenters. The fourth-order valence-electron chi connectivity index (χ4n) is 1.81. The standard InChI is InChI=1S/C11H9N2O6PS2.Na/c14-11(15)7-4-21-9(13-7)10-12-6-2-1-5(3-8(6)22-10)19-20(16,17)18;/h1-3,7H,4H2,(H,14,15)(H2,16,17,18);/q;+1/t7-;/m1./s1. The second kappa shape index (κ2) is 7.20. The van der Waals surface area contributed by atoms with E-state index in [0.29, 0.717) is 26.0 Å². The number of rotatable bonds is 4. The average Bonchev–Trinajstić information content (AvgIpc) is 3.02. The van der Waals surface area contributed by atoms with Crippen LogP contribution in [0.3, 0.4) is 0 Å². The van der Waals surface area contributed by atoms with Gasteiger partial charge in [0, 0.05) is 11.8 Å². The number of thiazole rings is 1. The fourth-order valence-corrected chi connectivity index (χ4v) is 4.29. The molecule has 0 bridgehead atoms. The number of carboxylic acids is 1. The van der Waals surface area contributed by atoms with Crippen LogP contribution >= 0.6 is 30.9 Å². The first-order valence-corrected chi connectivity index (χ1v) is 9.24. The number of phosphoric acid groups is 1. The van der Waals surface area contributed by atoms with E-state index in [1.807, 2.05) is 0 Å². The summed E-state index contributed by atoms with van der Waals surface area (Å²) in [5.41, 5.74) is 0.625. The minimum Gasteiger partial charge on any atom is -0.480 e. The molecule has 0 aliphatic carbocycles. The molecule has 2 heterocycles. The van der Waals surface area contributed by atoms with Crippen molar-refractivity contribution in [2.75, 3.05) is 5.75 Å². The van der Waals surface area contributed by atoms with Crippen LogP contribution in [-0.2, 0) is 9.36 Å². The number of carboxylic acid groups (broad SMARTS) is 1. The number of benzene rings is 1. The molecule has 1 aliphatic rings. The number of nitrogens with zero attached hydrogens (tertiary/aromatic N) is 2. The van der Waals surface area contributed by atoms with E-state index in [-0.39, 0.29) is 35.3 Å². The molecular weight excluding hydrogens is 374 g/mol. The van der Waals surface area contributed by atoms with E-state index in [1.54, 1.807) is 6.07 Å². The Bertz CT molecular complexity index is 835. The zero-order valence-electron chi connectivity index (χ0n) is 11.7. The third-order valence-electron chi connectivity index (χ3n) is 2.70. The molecule has 0 fully saturated rings. The summed E-state index contributed by atoms with van der Waals surface area (Å²) < 4.78 is 16.0. The first-order chi connectivity index (χ1) is 10.3. The minimum absolute atomic E-state index is 0. The number of aromatic nitrogens is 1. The summed E-state index contributed by atoms with van der Waals surface area (Å²) in [6.45, 7) is 0. The van der Waals surface area contributed by atoms with Gasteiger partial charge in [-0.3, -0.25) is 14.8 Å². The molecule has 1 aromatic heterocycles. The van der Waals surface area contributed by atoms with Crippen LogP contribution in [0.2, 0.25) is 0 Å². The molecule has 2 aromatic rings. The molecule has 0 amide bonds. The Kier molecular flexibility index (Phi) is 5.91. The Morgan fingerprint density at radius 2 is 2.13 bits per heavy atom. The second-order valence-electron chi connectivity index (χ2n) is 4.33. The molecule has 8 nitrogen and oxygen atoms in total. The molecule has 3 N–H and O–H groups in total. The SMILES string of the molecule is O=C(O)[C@H]1CSC(c2nc3ccc(OP(=O)(O)O)cc3s2)=N1.[Na+]. The minimum atomic E-state index is -4.61. The van der Waals surface area contributed by atoms with Crippen molar-refractivity contribution in [1.29, 1.82) is 0 Å². The van der Waals surface area contributed by atoms with Gasteiger partial charge in [0.2, 0.25) is 0 Å². The summed E-state index contributed by atoms with van der Waals surface area (Å²) in [5.74, 6) is -0.561. The number of phosphoric ester groups is 1. The maximum absolute atomic E-state index is 10.9. The molecule has 0 radical (unpaired) electrons. The molecule has 0 spiro atoms. The van der Waals surface area contributed by atoms with Crippen molar-refractivity contribution < 1.29 is 58.3 Å². The molecule has 12 heteroatoms. The van der Waals surface area contributed by atoms with Crippen LogP contribution in [0.1, 0.15) is 5.01 Å². The van der Waals surface area contributed by atoms with Gasteiger partial charge in [-0.2, -0.15) is 0 Å². The number of fused-ring (bicyclic) bond motifs is 1. The van der Waals surface area contributed by atoms with Crippen LogP contribution in [0.15, 0.2) is 23.2 Å². The van der Waals surface area contributed by atoms with Crippen LogP contribution in [0.5, 0.6) is 5.75 Å². The fraction of sp³-hybridized carbons (Fsp3) is 0.182. The van der Waals surface area contributed by atoms with Gasteiger partial charge < -0.3 is 9.63 Å². The average molecular weight is 383 g/mol. The number of aliphatic carboxylic acids is 1. The zero-order valence-corrected chi connectivity index (χ0v) is 16.3. The van der Waals surface area contributed by atoms with Gasteiger partial charge in [-0.1, -0.05) is 0 Å². The molecule has 116 valence electrons. The van der Waals surface area contributed by atoms with E-state index in [1.165, 1.54) is 35.2 Å². The summed E-state index contributed by atoms with van der Waals surface area (Å²) in [7, 11) is -4.61. The molecule has 0 saturated heterocycles. The van der Waals surface area contributed by atoms with Crippen molar-refractivity contribution in [3.8, 4) is 5.75 Å². The van der Waals surface area contributed by atoms with Crippen LogP contribution < -0.4 is 34.1 Å². The van der Waals surface area contributed by atoms with Crippen LogP contribution in [0, 0.1) is 0 Å². The van der Waals surface area contributed by atoms with E-state index < -0.39 is 19.8 Å². The maximum atomic E-state index is 10.9. The van der Waals surface area contributed by atoms with E-state index in [0.717, 1.165) is 0 Å². The van der Waals surface area contributed by atoms with E-state index >= 15 is 0 Å². The normalized spacial score (nSPS) is 17.7. The van der Waals surface area contributed by atoms with Gasteiger partial charge in [0.25, 0.3) is 0 Å². The van der Waals surface area contributed by atoms with Gasteiger partial charge in [-0.25, -0.2) is 14.3 Å². The number of aliphatic imine (C=N–C) groups is 1. The molecule has 3 rings (SSSR count). The van der Waals surface area contributed by atoms with Crippen LogP contribution in [0.4, 0.5) is 0 Å². The summed E-state index contributed by atoms with van der Waals surface area (Å²) in [4.78, 5) is 37.0. The third-order valence-corrected chi connectivity index (χ3v) is 5.36. The molecule has 1 aromatic carbocycles. The predicted molar refractivity (Wildman–Crippen MR) is 82.7 cm³/mol. The quantitative estimate of drug-likeness (QED) is 0.440. The van der Waals surface area contributed by atoms with Crippen molar-refractivity contribution in [3.63, 3.8) is 0 Å². The van der Waals surface area contributed by atoms with Gasteiger partial charge >= 0.3 is 43.3 Å². The molecule has 1 aliphatic heterocycles. The first-order valence-electron chi connectivity index (χ1n) is 5.91. The Morgan fingerprint density at radius 1 is 1.39 bits per heavy atom. The Morgan fingerprint density at radius 3 is 2.74 bits per heavy atom. The van der Waals surface area contributed by atoms with Gasteiger partial charge in [-0.05, 0) is 12.1 Å². The smallest absolute Gasteiger partial charge is 0.480 e. The van der Waals surface area contributed by atoms with Crippen molar-refractivity contribution in [2.24, 2.45) is 4.99 Å². The molecular formula is C11H9N2NaO6PS2+.